The molecule has 178 valence electrons. The molecule has 1 rings (SSSR count). The van der Waals surface area contributed by atoms with Crippen LogP contribution in [0.1, 0.15) is 63.7 Å². The second-order valence-corrected chi connectivity index (χ2v) is 9.03. The highest BCUT2D eigenvalue weighted by Crippen LogP contribution is 2.23. The van der Waals surface area contributed by atoms with Crippen molar-refractivity contribution < 1.29 is 24.3 Å². The number of nitrogens with two attached hydrogens (primary N) is 1. The number of nitrogens with one attached hydrogen (secondary N) is 3. The predicted molar refractivity (Wildman–Crippen MR) is 128 cm³/mol. The Labute approximate surface area is 194 Å². The number of amides is 3. The molecule has 0 aliphatic rings. The average Bonchev–Trinajstić information content (AvgIpc) is 2.71. The third-order valence-corrected chi connectivity index (χ3v) is 5.03. The van der Waals surface area contributed by atoms with E-state index in [1.807, 2.05) is 6.92 Å². The van der Waals surface area contributed by atoms with Gasteiger partial charge in [0.15, 0.2) is 0 Å². The number of anilines is 2. The van der Waals surface area contributed by atoms with E-state index in [9.17, 15) is 24.3 Å². The first kappa shape index (κ1) is 27.3. The fourth-order valence-corrected chi connectivity index (χ4v) is 2.92. The van der Waals surface area contributed by atoms with Gasteiger partial charge in [0.1, 0.15) is 12.1 Å². The molecule has 0 aliphatic heterocycles. The highest BCUT2D eigenvalue weighted by Gasteiger charge is 2.27. The fourth-order valence-electron chi connectivity index (χ4n) is 2.74. The zero-order chi connectivity index (χ0) is 24.5. The molecule has 3 amide bonds. The number of benzene rings is 1. The molecule has 0 aliphatic carbocycles. The van der Waals surface area contributed by atoms with Gasteiger partial charge in [0.2, 0.25) is 11.8 Å². The smallest absolute Gasteiger partial charge is 0.326 e. The monoisotopic (exact) mass is 466 g/mol. The van der Waals surface area contributed by atoms with Gasteiger partial charge in [-0.15, -0.1) is 0 Å². The summed E-state index contributed by atoms with van der Waals surface area (Å²) in [6, 6.07) is 2.47. The Morgan fingerprint density at radius 3 is 2.28 bits per heavy atom. The zero-order valence-electron chi connectivity index (χ0n) is 19.0. The van der Waals surface area contributed by atoms with E-state index in [1.165, 1.54) is 18.2 Å². The van der Waals surface area contributed by atoms with E-state index in [2.05, 4.69) is 28.6 Å². The van der Waals surface area contributed by atoms with Crippen molar-refractivity contribution in [2.45, 2.75) is 65.5 Å². The fraction of sp³-hybridized carbons (Fsp3) is 0.545. The van der Waals surface area contributed by atoms with Gasteiger partial charge in [0, 0.05) is 11.0 Å². The minimum absolute atomic E-state index is 0.204. The van der Waals surface area contributed by atoms with Gasteiger partial charge in [-0.05, 0) is 43.2 Å². The Hall–Kier alpha value is -2.75. The van der Waals surface area contributed by atoms with Gasteiger partial charge in [-0.3, -0.25) is 14.4 Å². The number of carboxylic acid groups (broad SMARTS) is 1. The highest BCUT2D eigenvalue weighted by molar-refractivity contribution is 7.80. The predicted octanol–water partition coefficient (Wildman–Crippen LogP) is 2.43. The van der Waals surface area contributed by atoms with Crippen molar-refractivity contribution >= 4 is 47.7 Å². The number of hydrogen-bond donors (Lipinski definition) is 6. The molecule has 0 radical (unpaired) electrons. The standard InChI is InChI=1S/C22H34N4O5S/c1-5-7-16(20(29)30)25-19(28)15(8-6-11-32)24-18(27)13-9-10-14(23)17(12-13)26-21(31)22(2,3)4/h9-10,12,15-16,32H,5-8,11,23H2,1-4H3,(H,24,27)(H,25,28)(H,26,31)(H,29,30). The average molecular weight is 467 g/mol. The normalized spacial score (nSPS) is 13.0. The number of hydrogen-bond acceptors (Lipinski definition) is 6. The van der Waals surface area contributed by atoms with Gasteiger partial charge in [-0.1, -0.05) is 34.1 Å². The van der Waals surface area contributed by atoms with Crippen molar-refractivity contribution in [2.75, 3.05) is 16.8 Å². The Morgan fingerprint density at radius 1 is 1.09 bits per heavy atom. The van der Waals surface area contributed by atoms with Crippen LogP contribution in [0.2, 0.25) is 0 Å². The van der Waals surface area contributed by atoms with Crippen LogP contribution in [-0.4, -0.2) is 46.6 Å². The van der Waals surface area contributed by atoms with Crippen molar-refractivity contribution in [3.8, 4) is 0 Å². The summed E-state index contributed by atoms with van der Waals surface area (Å²) >= 11 is 4.15. The van der Waals surface area contributed by atoms with E-state index in [4.69, 9.17) is 5.73 Å². The molecule has 0 saturated carbocycles. The van der Waals surface area contributed by atoms with Crippen LogP contribution in [0.5, 0.6) is 0 Å². The van der Waals surface area contributed by atoms with Crippen molar-refractivity contribution in [2.24, 2.45) is 5.41 Å². The minimum atomic E-state index is -1.13. The third-order valence-electron chi connectivity index (χ3n) is 4.71. The van der Waals surface area contributed by atoms with E-state index in [0.717, 1.165) is 0 Å². The molecule has 2 unspecified atom stereocenters. The van der Waals surface area contributed by atoms with E-state index >= 15 is 0 Å². The van der Waals surface area contributed by atoms with Crippen LogP contribution in [0.25, 0.3) is 0 Å². The Bertz CT molecular complexity index is 838. The minimum Gasteiger partial charge on any atom is -0.480 e. The van der Waals surface area contributed by atoms with Crippen molar-refractivity contribution in [1.29, 1.82) is 0 Å². The maximum Gasteiger partial charge on any atom is 0.326 e. The van der Waals surface area contributed by atoms with Crippen LogP contribution < -0.4 is 21.7 Å². The summed E-state index contributed by atoms with van der Waals surface area (Å²) in [6.07, 6.45) is 1.70. The molecular formula is C22H34N4O5S. The van der Waals surface area contributed by atoms with Crippen molar-refractivity contribution in [3.05, 3.63) is 23.8 Å². The largest absolute Gasteiger partial charge is 0.480 e. The first-order chi connectivity index (χ1) is 14.9. The van der Waals surface area contributed by atoms with Crippen LogP contribution in [0, 0.1) is 5.41 Å². The van der Waals surface area contributed by atoms with E-state index in [0.29, 0.717) is 36.4 Å². The molecule has 2 atom stereocenters. The molecule has 0 saturated heterocycles. The van der Waals surface area contributed by atoms with Crippen molar-refractivity contribution in [1.82, 2.24) is 10.6 Å². The Morgan fingerprint density at radius 2 is 1.75 bits per heavy atom. The third kappa shape index (κ3) is 8.41. The van der Waals surface area contributed by atoms with Crippen LogP contribution in [0.4, 0.5) is 11.4 Å². The summed E-state index contributed by atoms with van der Waals surface area (Å²) in [5.41, 5.74) is 6.08. The summed E-state index contributed by atoms with van der Waals surface area (Å²) in [5.74, 6) is -2.00. The van der Waals surface area contributed by atoms with Crippen molar-refractivity contribution in [3.63, 3.8) is 0 Å². The van der Waals surface area contributed by atoms with Crippen LogP contribution >= 0.6 is 12.6 Å². The number of thiol groups is 1. The van der Waals surface area contributed by atoms with Crippen LogP contribution in [0.15, 0.2) is 18.2 Å². The molecule has 0 aromatic heterocycles. The van der Waals surface area contributed by atoms with E-state index in [-0.39, 0.29) is 17.9 Å². The Kier molecular flexibility index (Phi) is 10.5. The lowest BCUT2D eigenvalue weighted by molar-refractivity contribution is -0.142. The lowest BCUT2D eigenvalue weighted by atomic mass is 9.95. The first-order valence-corrected chi connectivity index (χ1v) is 11.2. The molecule has 9 nitrogen and oxygen atoms in total. The molecule has 0 fully saturated rings. The highest BCUT2D eigenvalue weighted by atomic mass is 32.1. The summed E-state index contributed by atoms with van der Waals surface area (Å²) in [4.78, 5) is 49.2. The SMILES string of the molecule is CCCC(NC(=O)C(CCCS)NC(=O)c1ccc(N)c(NC(=O)C(C)(C)C)c1)C(=O)O. The number of carboxylic acids is 1. The molecular weight excluding hydrogens is 432 g/mol. The molecule has 32 heavy (non-hydrogen) atoms. The molecule has 0 spiro atoms. The number of nitrogen functional groups attached to an aromatic ring is 1. The maximum absolute atomic E-state index is 12.8. The van der Waals surface area contributed by atoms with Gasteiger partial charge in [0.05, 0.1) is 11.4 Å². The molecule has 0 heterocycles. The molecule has 10 heteroatoms. The van der Waals surface area contributed by atoms with E-state index in [1.54, 1.807) is 20.8 Å². The molecule has 1 aromatic carbocycles. The summed E-state index contributed by atoms with van der Waals surface area (Å²) < 4.78 is 0. The van der Waals surface area contributed by atoms with Gasteiger partial charge < -0.3 is 26.8 Å². The summed E-state index contributed by atoms with van der Waals surface area (Å²) in [7, 11) is 0. The van der Waals surface area contributed by atoms with Crippen LogP contribution in [-0.2, 0) is 14.4 Å². The first-order valence-electron chi connectivity index (χ1n) is 10.6. The van der Waals surface area contributed by atoms with Gasteiger partial charge in [-0.25, -0.2) is 4.79 Å². The quantitative estimate of drug-likeness (QED) is 0.218. The molecule has 6 N–H and O–H groups in total. The number of rotatable bonds is 11. The molecule has 1 aromatic rings. The lowest BCUT2D eigenvalue weighted by Gasteiger charge is -2.22. The van der Waals surface area contributed by atoms with Crippen LogP contribution in [0.3, 0.4) is 0 Å². The number of carbonyl (C=O) groups is 4. The zero-order valence-corrected chi connectivity index (χ0v) is 19.9. The maximum atomic E-state index is 12.8. The van der Waals surface area contributed by atoms with Gasteiger partial charge in [0.25, 0.3) is 5.91 Å². The number of carbonyl (C=O) groups excluding carboxylic acids is 3. The second-order valence-electron chi connectivity index (χ2n) is 8.59. The summed E-state index contributed by atoms with van der Waals surface area (Å²) in [5, 5.41) is 17.2. The molecule has 0 bridgehead atoms. The van der Waals surface area contributed by atoms with Gasteiger partial charge in [-0.2, -0.15) is 12.6 Å². The Balaban J connectivity index is 3.02. The number of aliphatic carboxylic acids is 1. The second kappa shape index (κ2) is 12.3. The summed E-state index contributed by atoms with van der Waals surface area (Å²) in [6.45, 7) is 7.08. The van der Waals surface area contributed by atoms with Gasteiger partial charge >= 0.3 is 5.97 Å². The van der Waals surface area contributed by atoms with E-state index < -0.39 is 35.3 Å². The lowest BCUT2D eigenvalue weighted by Crippen LogP contribution is -2.51. The topological polar surface area (TPSA) is 151 Å².